The lowest BCUT2D eigenvalue weighted by atomic mass is 10.1. The van der Waals surface area contributed by atoms with E-state index in [2.05, 4.69) is 31.2 Å². The third kappa shape index (κ3) is 12.7. The summed E-state index contributed by atoms with van der Waals surface area (Å²) in [6.45, 7) is 3.75. The van der Waals surface area contributed by atoms with Gasteiger partial charge in [-0.1, -0.05) is 6.42 Å². The molecule has 0 saturated carbocycles. The SMILES string of the molecule is C[C@H](NC(=O)[C@H](Cc1cnc[nH]1)NC(=O)[C@H](C)NC(=O)[C@@H](N)CCCCN)C(=O)N[C@@H](CCCCN)C(=O)O. The summed E-state index contributed by atoms with van der Waals surface area (Å²) in [4.78, 5) is 69.1. The molecule has 0 radical (unpaired) electrons. The van der Waals surface area contributed by atoms with Gasteiger partial charge in [-0.05, 0) is 59.0 Å². The summed E-state index contributed by atoms with van der Waals surface area (Å²) in [5.74, 6) is -3.72. The Kier molecular flexibility index (Phi) is 15.3. The van der Waals surface area contributed by atoms with Gasteiger partial charge in [0.25, 0.3) is 0 Å². The molecule has 1 aromatic heterocycles. The number of H-pyrrole nitrogens is 1. The lowest BCUT2D eigenvalue weighted by Crippen LogP contribution is -2.58. The first-order valence-corrected chi connectivity index (χ1v) is 13.1. The van der Waals surface area contributed by atoms with Gasteiger partial charge in [-0.2, -0.15) is 0 Å². The predicted octanol–water partition coefficient (Wildman–Crippen LogP) is -2.40. The number of rotatable bonds is 19. The van der Waals surface area contributed by atoms with E-state index >= 15 is 0 Å². The molecule has 220 valence electrons. The second-order valence-electron chi connectivity index (χ2n) is 9.38. The van der Waals surface area contributed by atoms with E-state index in [-0.39, 0.29) is 12.8 Å². The average molecular weight is 554 g/mol. The van der Waals surface area contributed by atoms with Gasteiger partial charge in [0.2, 0.25) is 23.6 Å². The van der Waals surface area contributed by atoms with Gasteiger partial charge < -0.3 is 48.6 Å². The molecule has 0 saturated heterocycles. The van der Waals surface area contributed by atoms with Crippen molar-refractivity contribution in [2.24, 2.45) is 17.2 Å². The van der Waals surface area contributed by atoms with E-state index in [0.717, 1.165) is 6.42 Å². The van der Waals surface area contributed by atoms with Crippen molar-refractivity contribution in [1.29, 1.82) is 0 Å². The van der Waals surface area contributed by atoms with E-state index in [4.69, 9.17) is 17.2 Å². The molecule has 1 rings (SSSR count). The number of hydrogen-bond donors (Lipinski definition) is 9. The third-order valence-electron chi connectivity index (χ3n) is 5.98. The highest BCUT2D eigenvalue weighted by atomic mass is 16.4. The van der Waals surface area contributed by atoms with Gasteiger partial charge in [0.05, 0.1) is 12.4 Å². The van der Waals surface area contributed by atoms with Crippen LogP contribution in [0.2, 0.25) is 0 Å². The summed E-state index contributed by atoms with van der Waals surface area (Å²) >= 11 is 0. The molecule has 0 aromatic carbocycles. The molecule has 0 aliphatic heterocycles. The number of aliphatic carboxylic acids is 1. The molecule has 0 spiro atoms. The van der Waals surface area contributed by atoms with E-state index in [1.54, 1.807) is 0 Å². The second kappa shape index (κ2) is 17.9. The number of amides is 4. The number of imidazole rings is 1. The number of nitrogens with two attached hydrogens (primary N) is 3. The fourth-order valence-corrected chi connectivity index (χ4v) is 3.57. The zero-order chi connectivity index (χ0) is 29.4. The number of carboxylic acids is 1. The number of carbonyl (C=O) groups excluding carboxylic acids is 4. The van der Waals surface area contributed by atoms with Gasteiger partial charge in [-0.3, -0.25) is 19.2 Å². The molecule has 1 aromatic rings. The van der Waals surface area contributed by atoms with Crippen LogP contribution < -0.4 is 38.5 Å². The number of nitrogens with one attached hydrogen (secondary N) is 5. The van der Waals surface area contributed by atoms with Crippen LogP contribution in [0.3, 0.4) is 0 Å². The summed E-state index contributed by atoms with van der Waals surface area (Å²) in [7, 11) is 0. The minimum Gasteiger partial charge on any atom is -0.480 e. The van der Waals surface area contributed by atoms with Crippen molar-refractivity contribution in [2.75, 3.05) is 13.1 Å². The molecule has 12 N–H and O–H groups in total. The Balaban J connectivity index is 2.81. The van der Waals surface area contributed by atoms with Crippen LogP contribution in [0.5, 0.6) is 0 Å². The van der Waals surface area contributed by atoms with Crippen molar-refractivity contribution in [2.45, 2.75) is 89.0 Å². The van der Waals surface area contributed by atoms with Gasteiger partial charge >= 0.3 is 5.97 Å². The van der Waals surface area contributed by atoms with Crippen LogP contribution in [0, 0.1) is 0 Å². The first kappa shape index (κ1) is 33.5. The zero-order valence-corrected chi connectivity index (χ0v) is 22.6. The molecule has 0 unspecified atom stereocenters. The van der Waals surface area contributed by atoms with Crippen LogP contribution in [0.25, 0.3) is 0 Å². The van der Waals surface area contributed by atoms with Crippen LogP contribution in [0.15, 0.2) is 12.5 Å². The minimum absolute atomic E-state index is 0.0159. The molecule has 0 fully saturated rings. The maximum Gasteiger partial charge on any atom is 0.326 e. The Hall–Kier alpha value is -3.56. The third-order valence-corrected chi connectivity index (χ3v) is 5.98. The van der Waals surface area contributed by atoms with Crippen molar-refractivity contribution in [3.05, 3.63) is 18.2 Å². The summed E-state index contributed by atoms with van der Waals surface area (Å²) < 4.78 is 0. The molecule has 5 atom stereocenters. The number of carboxylic acid groups (broad SMARTS) is 1. The first-order valence-electron chi connectivity index (χ1n) is 13.1. The Morgan fingerprint density at radius 2 is 1.36 bits per heavy atom. The largest absolute Gasteiger partial charge is 0.480 e. The topological polar surface area (TPSA) is 260 Å². The normalized spacial score (nSPS) is 14.8. The molecule has 0 aliphatic carbocycles. The van der Waals surface area contributed by atoms with Crippen LogP contribution in [-0.2, 0) is 30.4 Å². The van der Waals surface area contributed by atoms with Gasteiger partial charge in [-0.25, -0.2) is 9.78 Å². The summed E-state index contributed by atoms with van der Waals surface area (Å²) in [6.07, 6.45) is 6.03. The molecule has 15 nitrogen and oxygen atoms in total. The predicted molar refractivity (Wildman–Crippen MR) is 143 cm³/mol. The summed E-state index contributed by atoms with van der Waals surface area (Å²) in [5, 5.41) is 19.4. The van der Waals surface area contributed by atoms with Crippen molar-refractivity contribution >= 4 is 29.6 Å². The standard InChI is InChI=1S/C24H43N9O6/c1-14(30-22(36)17(27)7-3-5-9-25)21(35)33-19(11-16-12-28-13-29-16)23(37)31-15(2)20(34)32-18(24(38)39)8-4-6-10-26/h12-15,17-19H,3-11,25-27H2,1-2H3,(H,28,29)(H,30,36)(H,31,37)(H,32,34)(H,33,35)(H,38,39)/t14-,15-,17-,18-,19-/m0/s1. The first-order chi connectivity index (χ1) is 18.5. The number of carbonyl (C=O) groups is 5. The molecule has 1 heterocycles. The number of aromatic amines is 1. The van der Waals surface area contributed by atoms with E-state index in [0.29, 0.717) is 44.5 Å². The van der Waals surface area contributed by atoms with Crippen molar-refractivity contribution < 1.29 is 29.1 Å². The molecule has 15 heteroatoms. The van der Waals surface area contributed by atoms with Gasteiger partial charge in [-0.15, -0.1) is 0 Å². The van der Waals surface area contributed by atoms with Crippen molar-refractivity contribution in [3.63, 3.8) is 0 Å². The number of hydrogen-bond acceptors (Lipinski definition) is 9. The van der Waals surface area contributed by atoms with Crippen LogP contribution in [0.4, 0.5) is 0 Å². The maximum absolute atomic E-state index is 13.1. The number of aromatic nitrogens is 2. The Morgan fingerprint density at radius 3 is 1.87 bits per heavy atom. The molecular weight excluding hydrogens is 510 g/mol. The lowest BCUT2D eigenvalue weighted by molar-refractivity contribution is -0.142. The van der Waals surface area contributed by atoms with Crippen molar-refractivity contribution in [1.82, 2.24) is 31.2 Å². The van der Waals surface area contributed by atoms with Gasteiger partial charge in [0.15, 0.2) is 0 Å². The fourth-order valence-electron chi connectivity index (χ4n) is 3.57. The van der Waals surface area contributed by atoms with E-state index in [9.17, 15) is 29.1 Å². The maximum atomic E-state index is 13.1. The van der Waals surface area contributed by atoms with Gasteiger partial charge in [0, 0.05) is 18.3 Å². The number of unbranched alkanes of at least 4 members (excludes halogenated alkanes) is 2. The lowest BCUT2D eigenvalue weighted by Gasteiger charge is -2.24. The molecule has 39 heavy (non-hydrogen) atoms. The molecule has 0 bridgehead atoms. The highest BCUT2D eigenvalue weighted by Crippen LogP contribution is 2.04. The quantitative estimate of drug-likeness (QED) is 0.0820. The van der Waals surface area contributed by atoms with Crippen molar-refractivity contribution in [3.8, 4) is 0 Å². The fraction of sp³-hybridized carbons (Fsp3) is 0.667. The molecular formula is C24H43N9O6. The highest BCUT2D eigenvalue weighted by Gasteiger charge is 2.29. The zero-order valence-electron chi connectivity index (χ0n) is 22.6. The minimum atomic E-state index is -1.20. The Morgan fingerprint density at radius 1 is 0.821 bits per heavy atom. The summed E-state index contributed by atoms with van der Waals surface area (Å²) in [6, 6.07) is -5.17. The Labute approximate surface area is 227 Å². The monoisotopic (exact) mass is 553 g/mol. The molecule has 4 amide bonds. The smallest absolute Gasteiger partial charge is 0.326 e. The number of nitrogens with zero attached hydrogens (tertiary/aromatic N) is 1. The van der Waals surface area contributed by atoms with Crippen LogP contribution >= 0.6 is 0 Å². The summed E-state index contributed by atoms with van der Waals surface area (Å²) in [5.41, 5.74) is 17.3. The Bertz CT molecular complexity index is 927. The highest BCUT2D eigenvalue weighted by molar-refractivity contribution is 5.95. The van der Waals surface area contributed by atoms with E-state index in [1.807, 2.05) is 0 Å². The van der Waals surface area contributed by atoms with E-state index < -0.39 is 59.8 Å². The second-order valence-corrected chi connectivity index (χ2v) is 9.38. The van der Waals surface area contributed by atoms with Crippen LogP contribution in [-0.4, -0.2) is 88.0 Å². The molecule has 0 aliphatic rings. The van der Waals surface area contributed by atoms with Gasteiger partial charge in [0.1, 0.15) is 24.2 Å². The van der Waals surface area contributed by atoms with Crippen LogP contribution in [0.1, 0.15) is 58.1 Å². The average Bonchev–Trinajstić information content (AvgIpc) is 3.40. The van der Waals surface area contributed by atoms with E-state index in [1.165, 1.54) is 26.4 Å².